The minimum atomic E-state index is -3.94. The number of sulfonamides is 1. The molecule has 0 saturated carbocycles. The number of methoxy groups -OCH3 is 1. The average Bonchev–Trinajstić information content (AvgIpc) is 2.79. The monoisotopic (exact) mass is 487 g/mol. The Morgan fingerprint density at radius 3 is 2.45 bits per heavy atom. The van der Waals surface area contributed by atoms with Crippen molar-refractivity contribution < 1.29 is 22.9 Å². The van der Waals surface area contributed by atoms with Crippen LogP contribution in [0.2, 0.25) is 0 Å². The van der Waals surface area contributed by atoms with Crippen molar-refractivity contribution in [2.75, 3.05) is 22.9 Å². The Bertz CT molecular complexity index is 1280. The molecule has 1 amide bonds. The smallest absolute Gasteiger partial charge is 0.269 e. The summed E-state index contributed by atoms with van der Waals surface area (Å²) in [6, 6.07) is 17.1. The van der Waals surface area contributed by atoms with Crippen LogP contribution in [0.1, 0.15) is 5.56 Å². The van der Waals surface area contributed by atoms with Gasteiger partial charge in [0, 0.05) is 22.7 Å². The molecule has 0 unspecified atom stereocenters. The number of aryl methyl sites for hydroxylation is 1. The second kappa shape index (κ2) is 10.4. The molecule has 0 spiro atoms. The lowest BCUT2D eigenvalue weighted by molar-refractivity contribution is -0.384. The molecule has 3 aromatic carbocycles. The van der Waals surface area contributed by atoms with Gasteiger partial charge in [0.05, 0.1) is 28.4 Å². The van der Waals surface area contributed by atoms with Gasteiger partial charge in [0.1, 0.15) is 5.75 Å². The Kier molecular flexibility index (Phi) is 7.56. The minimum Gasteiger partial charge on any atom is -0.495 e. The molecule has 3 aromatic rings. The molecule has 3 rings (SSSR count). The fraction of sp³-hybridized carbons (Fsp3) is 0.136. The quantitative estimate of drug-likeness (QED) is 0.259. The molecule has 11 heteroatoms. The third-order valence-electron chi connectivity index (χ3n) is 4.53. The first kappa shape index (κ1) is 24.1. The van der Waals surface area contributed by atoms with E-state index in [1.165, 1.54) is 37.1 Å². The van der Waals surface area contributed by atoms with Crippen LogP contribution in [-0.4, -0.2) is 32.1 Å². The summed E-state index contributed by atoms with van der Waals surface area (Å²) in [4.78, 5) is 23.3. The lowest BCUT2D eigenvalue weighted by atomic mass is 10.2. The molecule has 2 N–H and O–H groups in total. The summed E-state index contributed by atoms with van der Waals surface area (Å²) in [6.45, 7) is 1.66. The highest BCUT2D eigenvalue weighted by Crippen LogP contribution is 2.28. The minimum absolute atomic E-state index is 0.0224. The maximum atomic E-state index is 13.0. The molecule has 0 heterocycles. The van der Waals surface area contributed by atoms with Crippen LogP contribution in [0, 0.1) is 17.0 Å². The molecule has 0 aliphatic rings. The number of hydrogen-bond donors (Lipinski definition) is 2. The van der Waals surface area contributed by atoms with Crippen molar-refractivity contribution in [3.63, 3.8) is 0 Å². The molecular weight excluding hydrogens is 466 g/mol. The molecule has 0 atom stereocenters. The van der Waals surface area contributed by atoms with Crippen molar-refractivity contribution in [3.05, 3.63) is 82.4 Å². The third-order valence-corrected chi connectivity index (χ3v) is 7.05. The summed E-state index contributed by atoms with van der Waals surface area (Å²) in [6.07, 6.45) is 0. The van der Waals surface area contributed by atoms with E-state index in [1.807, 2.05) is 0 Å². The number of carbonyl (C=O) groups excluding carboxylic acids is 1. The second-order valence-corrected chi connectivity index (χ2v) is 9.57. The van der Waals surface area contributed by atoms with Gasteiger partial charge in [-0.25, -0.2) is 8.42 Å². The molecule has 0 fully saturated rings. The Balaban J connectivity index is 1.70. The van der Waals surface area contributed by atoms with Crippen LogP contribution in [0.25, 0.3) is 0 Å². The number of carbonyl (C=O) groups is 1. The summed E-state index contributed by atoms with van der Waals surface area (Å²) in [7, 11) is -2.50. The molecule has 0 bridgehead atoms. The third kappa shape index (κ3) is 6.24. The number of hydrogen-bond acceptors (Lipinski definition) is 7. The molecule has 0 aliphatic carbocycles. The van der Waals surface area contributed by atoms with Crippen molar-refractivity contribution in [2.24, 2.45) is 0 Å². The van der Waals surface area contributed by atoms with Crippen LogP contribution in [0.3, 0.4) is 0 Å². The van der Waals surface area contributed by atoms with Crippen molar-refractivity contribution in [2.45, 2.75) is 16.7 Å². The fourth-order valence-corrected chi connectivity index (χ4v) is 4.95. The Morgan fingerprint density at radius 1 is 1.09 bits per heavy atom. The zero-order valence-corrected chi connectivity index (χ0v) is 19.4. The van der Waals surface area contributed by atoms with Gasteiger partial charge >= 0.3 is 0 Å². The maximum Gasteiger partial charge on any atom is 0.269 e. The number of anilines is 2. The number of nitrogens with one attached hydrogen (secondary N) is 2. The highest BCUT2D eigenvalue weighted by molar-refractivity contribution is 8.00. The van der Waals surface area contributed by atoms with E-state index in [0.717, 1.165) is 0 Å². The van der Waals surface area contributed by atoms with Crippen molar-refractivity contribution >= 4 is 44.8 Å². The van der Waals surface area contributed by atoms with Gasteiger partial charge in [-0.1, -0.05) is 18.2 Å². The molecule has 33 heavy (non-hydrogen) atoms. The van der Waals surface area contributed by atoms with Crippen LogP contribution >= 0.6 is 11.8 Å². The Hall–Kier alpha value is -3.57. The number of amides is 1. The zero-order valence-electron chi connectivity index (χ0n) is 17.8. The highest BCUT2D eigenvalue weighted by atomic mass is 32.2. The van der Waals surface area contributed by atoms with Gasteiger partial charge in [-0.15, -0.1) is 11.8 Å². The number of nitro benzene ring substituents is 1. The van der Waals surface area contributed by atoms with Gasteiger partial charge in [0.2, 0.25) is 5.91 Å². The van der Waals surface area contributed by atoms with Crippen LogP contribution in [-0.2, 0) is 14.8 Å². The highest BCUT2D eigenvalue weighted by Gasteiger charge is 2.20. The van der Waals surface area contributed by atoms with Gasteiger partial charge in [-0.2, -0.15) is 0 Å². The van der Waals surface area contributed by atoms with Crippen molar-refractivity contribution in [1.82, 2.24) is 0 Å². The summed E-state index contributed by atoms with van der Waals surface area (Å²) < 4.78 is 33.7. The van der Waals surface area contributed by atoms with E-state index in [1.54, 1.807) is 55.5 Å². The number of nitro groups is 1. The number of para-hydroxylation sites is 2. The molecule has 0 radical (unpaired) electrons. The number of ether oxygens (including phenoxy) is 1. The van der Waals surface area contributed by atoms with Crippen molar-refractivity contribution in [1.29, 1.82) is 0 Å². The van der Waals surface area contributed by atoms with E-state index in [2.05, 4.69) is 10.0 Å². The first-order chi connectivity index (χ1) is 15.7. The SMILES string of the molecule is COc1ccccc1NS(=O)(=O)c1cc(NC(=O)CSc2ccc([N+](=O)[O-])cc2)ccc1C. The lowest BCUT2D eigenvalue weighted by Crippen LogP contribution is -2.17. The van der Waals surface area contributed by atoms with Crippen LogP contribution < -0.4 is 14.8 Å². The van der Waals surface area contributed by atoms with Gasteiger partial charge < -0.3 is 10.1 Å². The van der Waals surface area contributed by atoms with Crippen molar-refractivity contribution in [3.8, 4) is 5.75 Å². The van der Waals surface area contributed by atoms with Crippen LogP contribution in [0.4, 0.5) is 17.1 Å². The Labute approximate surface area is 195 Å². The maximum absolute atomic E-state index is 13.0. The number of rotatable bonds is 9. The zero-order chi connectivity index (χ0) is 24.0. The Morgan fingerprint density at radius 2 is 1.79 bits per heavy atom. The normalized spacial score (nSPS) is 11.0. The number of benzene rings is 3. The summed E-state index contributed by atoms with van der Waals surface area (Å²) in [5.41, 5.74) is 1.11. The van der Waals surface area contributed by atoms with Crippen LogP contribution in [0.5, 0.6) is 5.75 Å². The number of thioether (sulfide) groups is 1. The van der Waals surface area contributed by atoms with E-state index >= 15 is 0 Å². The summed E-state index contributed by atoms with van der Waals surface area (Å²) in [5, 5.41) is 13.4. The molecule has 0 saturated heterocycles. The largest absolute Gasteiger partial charge is 0.495 e. The molecule has 172 valence electrons. The first-order valence-corrected chi connectivity index (χ1v) is 12.1. The van der Waals surface area contributed by atoms with Gasteiger partial charge in [0.25, 0.3) is 15.7 Å². The predicted octanol–water partition coefficient (Wildman–Crippen LogP) is 4.44. The topological polar surface area (TPSA) is 128 Å². The van der Waals surface area contributed by atoms with E-state index in [0.29, 0.717) is 27.6 Å². The summed E-state index contributed by atoms with van der Waals surface area (Å²) in [5.74, 6) is 0.0856. The standard InChI is InChI=1S/C22H21N3O6S2/c1-15-7-8-16(23-22(26)14-32-18-11-9-17(10-12-18)25(27)28)13-21(15)33(29,30)24-19-5-3-4-6-20(19)31-2/h3-13,24H,14H2,1-2H3,(H,23,26). The predicted molar refractivity (Wildman–Crippen MR) is 127 cm³/mol. The van der Waals surface area contributed by atoms with E-state index in [9.17, 15) is 23.3 Å². The average molecular weight is 488 g/mol. The van der Waals surface area contributed by atoms with E-state index in [-0.39, 0.29) is 22.2 Å². The first-order valence-electron chi connectivity index (χ1n) is 9.63. The molecular formula is C22H21N3O6S2. The van der Waals surface area contributed by atoms with Gasteiger partial charge in [-0.3, -0.25) is 19.6 Å². The second-order valence-electron chi connectivity index (χ2n) is 6.87. The lowest BCUT2D eigenvalue weighted by Gasteiger charge is -2.14. The fourth-order valence-electron chi connectivity index (χ4n) is 2.91. The number of nitrogens with zero attached hydrogens (tertiary/aromatic N) is 1. The van der Waals surface area contributed by atoms with E-state index in [4.69, 9.17) is 4.74 Å². The van der Waals surface area contributed by atoms with Crippen LogP contribution in [0.15, 0.2) is 76.5 Å². The molecule has 9 nitrogen and oxygen atoms in total. The van der Waals surface area contributed by atoms with Gasteiger partial charge in [-0.05, 0) is 48.9 Å². The molecule has 0 aliphatic heterocycles. The molecule has 0 aromatic heterocycles. The van der Waals surface area contributed by atoms with E-state index < -0.39 is 14.9 Å². The van der Waals surface area contributed by atoms with Gasteiger partial charge in [0.15, 0.2) is 0 Å². The number of non-ortho nitro benzene ring substituents is 1. The summed E-state index contributed by atoms with van der Waals surface area (Å²) >= 11 is 1.21.